The van der Waals surface area contributed by atoms with E-state index in [0.717, 1.165) is 5.01 Å². The van der Waals surface area contributed by atoms with Gasteiger partial charge in [0, 0.05) is 0 Å². The van der Waals surface area contributed by atoms with Crippen LogP contribution in [0.5, 0.6) is 0 Å². The van der Waals surface area contributed by atoms with Gasteiger partial charge in [-0.2, -0.15) is 5.01 Å². The van der Waals surface area contributed by atoms with E-state index in [1.54, 1.807) is 41.5 Å². The first-order valence-corrected chi connectivity index (χ1v) is 8.28. The van der Waals surface area contributed by atoms with Crippen LogP contribution in [-0.2, 0) is 19.0 Å². The summed E-state index contributed by atoms with van der Waals surface area (Å²) in [5, 5.41) is 1.05. The van der Waals surface area contributed by atoms with E-state index in [1.807, 2.05) is 0 Å². The molecule has 1 radical (unpaired) electrons. The molecule has 3 rings (SSSR count). The summed E-state index contributed by atoms with van der Waals surface area (Å²) in [4.78, 5) is 36.5. The summed E-state index contributed by atoms with van der Waals surface area (Å²) in [5.41, 5.74) is 1.12. The normalized spacial score (nSPS) is 27.3. The third-order valence-electron chi connectivity index (χ3n) is 4.21. The fourth-order valence-corrected chi connectivity index (χ4v) is 3.40. The van der Waals surface area contributed by atoms with Crippen molar-refractivity contribution in [3.63, 3.8) is 0 Å². The van der Waals surface area contributed by atoms with E-state index in [1.165, 1.54) is 7.11 Å². The van der Waals surface area contributed by atoms with Gasteiger partial charge in [-0.3, -0.25) is 4.79 Å². The van der Waals surface area contributed by atoms with Crippen LogP contribution in [0, 0.1) is 5.41 Å². The second kappa shape index (κ2) is 5.78. The highest BCUT2D eigenvalue weighted by Gasteiger charge is 2.76. The molecule has 0 saturated heterocycles. The molecule has 0 aromatic heterocycles. The van der Waals surface area contributed by atoms with Crippen LogP contribution in [0.4, 0.5) is 9.59 Å². The van der Waals surface area contributed by atoms with Gasteiger partial charge in [0.1, 0.15) is 11.2 Å². The molecule has 0 atom stereocenters. The molecule has 2 amide bonds. The number of ether oxygens (including phenoxy) is 3. The Morgan fingerprint density at radius 3 is 1.80 bits per heavy atom. The average molecular weight is 355 g/mol. The molecule has 8 nitrogen and oxygen atoms in total. The molecule has 3 saturated carbocycles. The Morgan fingerprint density at radius 2 is 1.40 bits per heavy atom. The van der Waals surface area contributed by atoms with Gasteiger partial charge in [0.05, 0.1) is 18.1 Å². The summed E-state index contributed by atoms with van der Waals surface area (Å²) in [6.45, 7) is 10.3. The number of esters is 1. The molecule has 8 heteroatoms. The molecule has 0 unspecified atom stereocenters. The molecule has 141 valence electrons. The number of methoxy groups -OCH3 is 1. The highest BCUT2D eigenvalue weighted by molar-refractivity contribution is 5.84. The van der Waals surface area contributed by atoms with Crippen molar-refractivity contribution >= 4 is 18.2 Å². The maximum atomic E-state index is 12.6. The molecule has 0 aromatic carbocycles. The van der Waals surface area contributed by atoms with Gasteiger partial charge < -0.3 is 14.2 Å². The maximum absolute atomic E-state index is 12.6. The van der Waals surface area contributed by atoms with E-state index in [2.05, 4.69) is 5.43 Å². The molecule has 0 heterocycles. The van der Waals surface area contributed by atoms with Crippen molar-refractivity contribution in [2.24, 2.45) is 5.41 Å². The molecular weight excluding hydrogens is 328 g/mol. The van der Waals surface area contributed by atoms with Crippen LogP contribution in [0.1, 0.15) is 60.8 Å². The van der Waals surface area contributed by atoms with Gasteiger partial charge in [0.25, 0.3) is 0 Å². The molecular formula is C17H27N2O6. The lowest BCUT2D eigenvalue weighted by Gasteiger charge is -2.69. The van der Waals surface area contributed by atoms with Crippen LogP contribution in [0.25, 0.3) is 0 Å². The number of hydrogen-bond acceptors (Lipinski definition) is 6. The van der Waals surface area contributed by atoms with Crippen molar-refractivity contribution in [1.82, 2.24) is 10.4 Å². The summed E-state index contributed by atoms with van der Waals surface area (Å²) < 4.78 is 15.4. The lowest BCUT2D eigenvalue weighted by Crippen LogP contribution is -2.79. The Balaban J connectivity index is 2.11. The van der Waals surface area contributed by atoms with Crippen LogP contribution in [0.3, 0.4) is 0 Å². The van der Waals surface area contributed by atoms with Crippen LogP contribution >= 0.6 is 0 Å². The molecule has 0 aliphatic heterocycles. The molecule has 3 fully saturated rings. The predicted octanol–water partition coefficient (Wildman–Crippen LogP) is 2.77. The Kier molecular flexibility index (Phi) is 4.47. The number of carbonyl (C=O) groups is 3. The van der Waals surface area contributed by atoms with Crippen molar-refractivity contribution in [3.8, 4) is 0 Å². The van der Waals surface area contributed by atoms with Crippen LogP contribution in [0.2, 0.25) is 0 Å². The van der Waals surface area contributed by atoms with E-state index in [9.17, 15) is 14.4 Å². The number of carbonyl (C=O) groups excluding carboxylic acids is 3. The van der Waals surface area contributed by atoms with Gasteiger partial charge in [-0.05, 0) is 60.8 Å². The topological polar surface area (TPSA) is 96.2 Å². The first-order valence-electron chi connectivity index (χ1n) is 8.28. The summed E-state index contributed by atoms with van der Waals surface area (Å²) >= 11 is 0. The minimum Gasteiger partial charge on any atom is -0.469 e. The Hall–Kier alpha value is -1.99. The van der Waals surface area contributed by atoms with Crippen LogP contribution in [0.15, 0.2) is 0 Å². The fraction of sp³-hybridized carbons (Fsp3) is 0.824. The van der Waals surface area contributed by atoms with Gasteiger partial charge in [0.15, 0.2) is 0 Å². The second-order valence-electron chi connectivity index (χ2n) is 8.90. The highest BCUT2D eigenvalue weighted by atomic mass is 16.6. The third-order valence-corrected chi connectivity index (χ3v) is 4.21. The fourth-order valence-electron chi connectivity index (χ4n) is 3.40. The van der Waals surface area contributed by atoms with Crippen molar-refractivity contribution in [1.29, 1.82) is 0 Å². The zero-order chi connectivity index (χ0) is 19.3. The van der Waals surface area contributed by atoms with E-state index in [4.69, 9.17) is 14.2 Å². The molecule has 0 aromatic rings. The lowest BCUT2D eigenvalue weighted by atomic mass is 9.39. The number of amides is 2. The summed E-state index contributed by atoms with van der Waals surface area (Å²) in [5.74, 6) is -0.296. The van der Waals surface area contributed by atoms with Gasteiger partial charge in [-0.1, -0.05) is 5.43 Å². The second-order valence-corrected chi connectivity index (χ2v) is 8.90. The van der Waals surface area contributed by atoms with Crippen LogP contribution in [-0.4, -0.2) is 47.0 Å². The minimum atomic E-state index is -0.866. The molecule has 0 N–H and O–H groups in total. The van der Waals surface area contributed by atoms with Gasteiger partial charge in [-0.15, -0.1) is 0 Å². The summed E-state index contributed by atoms with van der Waals surface area (Å²) in [6.07, 6.45) is -0.388. The standard InChI is InChI=1S/C17H27N2O6/c1-14(2,3)24-12(21)18-19(13(22)25-15(4,5)6)17-8-16(9-17,10-17)11(20)23-7/h8-10H2,1-7H3. The average Bonchev–Trinajstić information content (AvgIpc) is 2.29. The van der Waals surface area contributed by atoms with E-state index < -0.39 is 34.3 Å². The largest absolute Gasteiger partial charge is 0.469 e. The quantitative estimate of drug-likeness (QED) is 0.429. The summed E-state index contributed by atoms with van der Waals surface area (Å²) in [6, 6.07) is 0. The van der Waals surface area contributed by atoms with Crippen molar-refractivity contribution in [2.75, 3.05) is 7.11 Å². The number of nitrogens with zero attached hydrogens (tertiary/aromatic N) is 2. The Morgan fingerprint density at radius 1 is 0.920 bits per heavy atom. The Bertz CT molecular complexity index is 567. The van der Waals surface area contributed by atoms with Crippen LogP contribution < -0.4 is 5.43 Å². The monoisotopic (exact) mass is 355 g/mol. The first kappa shape index (κ1) is 19.3. The molecule has 25 heavy (non-hydrogen) atoms. The van der Waals surface area contributed by atoms with E-state index in [0.29, 0.717) is 19.3 Å². The zero-order valence-electron chi connectivity index (χ0n) is 16.0. The lowest BCUT2D eigenvalue weighted by molar-refractivity contribution is -0.236. The summed E-state index contributed by atoms with van der Waals surface area (Å²) in [7, 11) is 1.34. The zero-order valence-corrected chi connectivity index (χ0v) is 16.0. The molecule has 3 aliphatic rings. The molecule has 3 aliphatic carbocycles. The third kappa shape index (κ3) is 3.82. The van der Waals surface area contributed by atoms with Crippen molar-refractivity contribution in [2.45, 2.75) is 77.5 Å². The van der Waals surface area contributed by atoms with E-state index in [-0.39, 0.29) is 5.97 Å². The molecule has 2 bridgehead atoms. The van der Waals surface area contributed by atoms with Gasteiger partial charge >= 0.3 is 18.2 Å². The van der Waals surface area contributed by atoms with Crippen molar-refractivity contribution in [3.05, 3.63) is 0 Å². The smallest absolute Gasteiger partial charge is 0.451 e. The van der Waals surface area contributed by atoms with E-state index >= 15 is 0 Å². The number of rotatable bonds is 2. The number of hydrogen-bond donors (Lipinski definition) is 0. The van der Waals surface area contributed by atoms with Gasteiger partial charge in [-0.25, -0.2) is 9.59 Å². The predicted molar refractivity (Wildman–Crippen MR) is 87.5 cm³/mol. The highest BCUT2D eigenvalue weighted by Crippen LogP contribution is 2.70. The Labute approximate surface area is 148 Å². The molecule has 0 spiro atoms. The minimum absolute atomic E-state index is 0.296. The SMILES string of the molecule is COC(=O)C12CC(N([N]C(=O)OC(C)(C)C)C(=O)OC(C)(C)C)(C1)C2. The van der Waals surface area contributed by atoms with Crippen molar-refractivity contribution < 1.29 is 28.6 Å². The first-order chi connectivity index (χ1) is 11.2. The maximum Gasteiger partial charge on any atom is 0.451 e. The van der Waals surface area contributed by atoms with Gasteiger partial charge in [0.2, 0.25) is 0 Å².